The molecule has 0 radical (unpaired) electrons. The molecule has 1 heterocycles. The molecular weight excluding hydrogens is 396 g/mol. The molecule has 2 N–H and O–H groups in total. The van der Waals surface area contributed by atoms with Crippen LogP contribution in [0.15, 0.2) is 70.3 Å². The van der Waals surface area contributed by atoms with Gasteiger partial charge in [0.1, 0.15) is 12.0 Å². The first-order chi connectivity index (χ1) is 14.6. The largest absolute Gasteiger partial charge is 0.444 e. The van der Waals surface area contributed by atoms with Crippen LogP contribution in [0.5, 0.6) is 0 Å². The zero-order chi connectivity index (χ0) is 21.2. The minimum Gasteiger partial charge on any atom is -0.444 e. The summed E-state index contributed by atoms with van der Waals surface area (Å²) < 4.78 is 17.9. The molecule has 0 bridgehead atoms. The molecule has 0 aliphatic heterocycles. The highest BCUT2D eigenvalue weighted by Crippen LogP contribution is 2.19. The summed E-state index contributed by atoms with van der Waals surface area (Å²) in [5, 5.41) is 6.44. The summed E-state index contributed by atoms with van der Waals surface area (Å²) in [6.07, 6.45) is 1.64. The third-order valence-corrected chi connectivity index (χ3v) is 5.70. The quantitative estimate of drug-likeness (QED) is 0.405. The number of guanidine groups is 1. The molecule has 6 nitrogen and oxygen atoms in total. The van der Waals surface area contributed by atoms with E-state index in [2.05, 4.69) is 20.6 Å². The molecule has 30 heavy (non-hydrogen) atoms. The van der Waals surface area contributed by atoms with E-state index in [0.29, 0.717) is 36.4 Å². The highest BCUT2D eigenvalue weighted by atomic mass is 32.2. The van der Waals surface area contributed by atoms with Crippen LogP contribution in [0.3, 0.4) is 0 Å². The summed E-state index contributed by atoms with van der Waals surface area (Å²) in [7, 11) is -0.924. The number of aliphatic imine (C=N–C) groups is 1. The minimum absolute atomic E-state index is 0.401. The van der Waals surface area contributed by atoms with E-state index in [1.165, 1.54) is 5.56 Å². The zero-order valence-electron chi connectivity index (χ0n) is 17.4. The number of benzene rings is 2. The van der Waals surface area contributed by atoms with Crippen LogP contribution in [0.1, 0.15) is 23.7 Å². The van der Waals surface area contributed by atoms with Crippen LogP contribution in [0.4, 0.5) is 0 Å². The van der Waals surface area contributed by atoms with Crippen molar-refractivity contribution in [3.8, 4) is 11.5 Å². The Morgan fingerprint density at radius 2 is 1.87 bits per heavy atom. The normalized spacial score (nSPS) is 12.5. The third kappa shape index (κ3) is 6.84. The monoisotopic (exact) mass is 424 g/mol. The maximum atomic E-state index is 12.3. The van der Waals surface area contributed by atoms with Crippen molar-refractivity contribution in [1.29, 1.82) is 0 Å². The van der Waals surface area contributed by atoms with Crippen molar-refractivity contribution in [1.82, 2.24) is 15.6 Å². The molecule has 0 saturated carbocycles. The molecular formula is C23H28N4O2S. The van der Waals surface area contributed by atoms with Crippen molar-refractivity contribution < 1.29 is 8.63 Å². The second kappa shape index (κ2) is 11.3. The first kappa shape index (κ1) is 21.8. The van der Waals surface area contributed by atoms with Gasteiger partial charge in [-0.15, -0.1) is 0 Å². The third-order valence-electron chi connectivity index (χ3n) is 4.39. The van der Waals surface area contributed by atoms with Gasteiger partial charge in [-0.1, -0.05) is 48.0 Å². The van der Waals surface area contributed by atoms with Gasteiger partial charge in [0, 0.05) is 41.0 Å². The van der Waals surface area contributed by atoms with Crippen LogP contribution in [-0.4, -0.2) is 34.0 Å². The molecule has 1 unspecified atom stereocenters. The second-order valence-electron chi connectivity index (χ2n) is 6.91. The lowest BCUT2D eigenvalue weighted by Crippen LogP contribution is -2.39. The number of hydrogen-bond acceptors (Lipinski definition) is 4. The Kier molecular flexibility index (Phi) is 8.20. The molecule has 2 aromatic carbocycles. The van der Waals surface area contributed by atoms with E-state index in [0.717, 1.165) is 23.4 Å². The Morgan fingerprint density at radius 1 is 1.10 bits per heavy atom. The zero-order valence-corrected chi connectivity index (χ0v) is 18.2. The van der Waals surface area contributed by atoms with Crippen molar-refractivity contribution in [3.05, 3.63) is 77.7 Å². The molecule has 0 fully saturated rings. The summed E-state index contributed by atoms with van der Waals surface area (Å²) >= 11 is 0. The van der Waals surface area contributed by atoms with Crippen LogP contribution in [-0.2, 0) is 23.1 Å². The number of nitrogens with one attached hydrogen (secondary N) is 2. The lowest BCUT2D eigenvalue weighted by Gasteiger charge is -2.10. The van der Waals surface area contributed by atoms with Gasteiger partial charge in [0.2, 0.25) is 5.89 Å². The van der Waals surface area contributed by atoms with Crippen molar-refractivity contribution in [3.63, 3.8) is 0 Å². The van der Waals surface area contributed by atoms with E-state index >= 15 is 0 Å². The van der Waals surface area contributed by atoms with Gasteiger partial charge in [-0.3, -0.25) is 4.21 Å². The molecule has 0 aliphatic rings. The van der Waals surface area contributed by atoms with Gasteiger partial charge in [0.15, 0.2) is 5.96 Å². The van der Waals surface area contributed by atoms with Gasteiger partial charge >= 0.3 is 0 Å². The van der Waals surface area contributed by atoms with Crippen molar-refractivity contribution in [2.24, 2.45) is 4.99 Å². The van der Waals surface area contributed by atoms with E-state index in [-0.39, 0.29) is 0 Å². The summed E-state index contributed by atoms with van der Waals surface area (Å²) in [6, 6.07) is 18.0. The van der Waals surface area contributed by atoms with Crippen molar-refractivity contribution >= 4 is 16.8 Å². The Bertz CT molecular complexity index is 968. The standard InChI is InChI=1S/C23H28N4O2S/c1-3-24-23(25-13-14-30(28)17-19-7-5-4-6-8-19)26-15-21-16-29-22(27-21)20-11-9-18(2)10-12-20/h4-12,16H,3,13-15,17H2,1-2H3,(H2,24,25,26). The van der Waals surface area contributed by atoms with Gasteiger partial charge in [0.05, 0.1) is 6.54 Å². The van der Waals surface area contributed by atoms with Crippen LogP contribution in [0.2, 0.25) is 0 Å². The molecule has 3 aromatic rings. The van der Waals surface area contributed by atoms with Crippen LogP contribution in [0, 0.1) is 6.92 Å². The Morgan fingerprint density at radius 3 is 2.60 bits per heavy atom. The highest BCUT2D eigenvalue weighted by Gasteiger charge is 2.07. The molecule has 0 spiro atoms. The average molecular weight is 425 g/mol. The summed E-state index contributed by atoms with van der Waals surface area (Å²) in [4.78, 5) is 9.08. The maximum Gasteiger partial charge on any atom is 0.226 e. The van der Waals surface area contributed by atoms with Crippen LogP contribution >= 0.6 is 0 Å². The van der Waals surface area contributed by atoms with E-state index in [1.807, 2.05) is 68.4 Å². The minimum atomic E-state index is -0.924. The molecule has 1 aromatic heterocycles. The van der Waals surface area contributed by atoms with Gasteiger partial charge < -0.3 is 15.1 Å². The predicted molar refractivity (Wildman–Crippen MR) is 123 cm³/mol. The predicted octanol–water partition coefficient (Wildman–Crippen LogP) is 3.65. The topological polar surface area (TPSA) is 79.5 Å². The van der Waals surface area contributed by atoms with E-state index in [1.54, 1.807) is 6.26 Å². The fraction of sp³-hybridized carbons (Fsp3) is 0.304. The maximum absolute atomic E-state index is 12.3. The Balaban J connectivity index is 1.50. The number of hydrogen-bond donors (Lipinski definition) is 2. The number of nitrogens with zero attached hydrogens (tertiary/aromatic N) is 2. The smallest absolute Gasteiger partial charge is 0.226 e. The SMILES string of the molecule is CCNC(=NCc1coc(-c2ccc(C)cc2)n1)NCCS(=O)Cc1ccccc1. The van der Waals surface area contributed by atoms with Gasteiger partial charge in [0.25, 0.3) is 0 Å². The number of rotatable bonds is 9. The molecule has 1 atom stereocenters. The van der Waals surface area contributed by atoms with Crippen molar-refractivity contribution in [2.75, 3.05) is 18.8 Å². The summed E-state index contributed by atoms with van der Waals surface area (Å²) in [5.74, 6) is 2.39. The van der Waals surface area contributed by atoms with Crippen LogP contribution < -0.4 is 10.6 Å². The van der Waals surface area contributed by atoms with Crippen LogP contribution in [0.25, 0.3) is 11.5 Å². The van der Waals surface area contributed by atoms with Gasteiger partial charge in [-0.2, -0.15) is 0 Å². The number of aryl methyl sites for hydroxylation is 1. The van der Waals surface area contributed by atoms with E-state index < -0.39 is 10.8 Å². The molecule has 0 saturated heterocycles. The fourth-order valence-corrected chi connectivity index (χ4v) is 3.86. The van der Waals surface area contributed by atoms with E-state index in [4.69, 9.17) is 4.42 Å². The van der Waals surface area contributed by atoms with Gasteiger partial charge in [-0.05, 0) is 31.5 Å². The first-order valence-corrected chi connectivity index (χ1v) is 11.6. The lowest BCUT2D eigenvalue weighted by atomic mass is 10.1. The Labute approximate surface area is 180 Å². The van der Waals surface area contributed by atoms with Gasteiger partial charge in [-0.25, -0.2) is 9.98 Å². The molecule has 7 heteroatoms. The number of oxazole rings is 1. The number of aromatic nitrogens is 1. The second-order valence-corrected chi connectivity index (χ2v) is 8.48. The fourth-order valence-electron chi connectivity index (χ4n) is 2.83. The average Bonchev–Trinajstić information content (AvgIpc) is 3.22. The molecule has 0 amide bonds. The van der Waals surface area contributed by atoms with Crippen molar-refractivity contribution in [2.45, 2.75) is 26.1 Å². The summed E-state index contributed by atoms with van der Waals surface area (Å²) in [5.41, 5.74) is 3.99. The Hall–Kier alpha value is -2.93. The molecule has 0 aliphatic carbocycles. The lowest BCUT2D eigenvalue weighted by molar-refractivity contribution is 0.572. The first-order valence-electron chi connectivity index (χ1n) is 10.1. The molecule has 3 rings (SSSR count). The summed E-state index contributed by atoms with van der Waals surface area (Å²) in [6.45, 7) is 5.78. The van der Waals surface area contributed by atoms with E-state index in [9.17, 15) is 4.21 Å². The molecule has 158 valence electrons. The highest BCUT2D eigenvalue weighted by molar-refractivity contribution is 7.84.